The van der Waals surface area contributed by atoms with E-state index >= 15 is 0 Å². The first-order valence-corrected chi connectivity index (χ1v) is 4.47. The molecule has 0 bridgehead atoms. The van der Waals surface area contributed by atoms with Crippen molar-refractivity contribution in [2.75, 3.05) is 14.1 Å². The summed E-state index contributed by atoms with van der Waals surface area (Å²) in [7, 11) is 3.51. The molecule has 14 heavy (non-hydrogen) atoms. The number of fused-ring (bicyclic) bond motifs is 1. The zero-order valence-electron chi connectivity index (χ0n) is 8.24. The molecule has 1 aromatic heterocycles. The Morgan fingerprint density at radius 3 is 2.79 bits per heavy atom. The molecule has 0 saturated carbocycles. The molecule has 0 unspecified atom stereocenters. The van der Waals surface area contributed by atoms with Crippen molar-refractivity contribution < 1.29 is 4.79 Å². The minimum absolute atomic E-state index is 0.0353. The van der Waals surface area contributed by atoms with Crippen molar-refractivity contribution >= 4 is 16.8 Å². The first kappa shape index (κ1) is 8.81. The number of aromatic amines is 1. The van der Waals surface area contributed by atoms with Gasteiger partial charge in [-0.25, -0.2) is 0 Å². The molecule has 0 atom stereocenters. The monoisotopic (exact) mass is 188 g/mol. The molecular formula is C11H12N2O. The number of aromatic nitrogens is 1. The van der Waals surface area contributed by atoms with E-state index in [1.807, 2.05) is 30.5 Å². The third kappa shape index (κ3) is 1.37. The quantitative estimate of drug-likeness (QED) is 0.728. The molecule has 1 heterocycles. The first-order chi connectivity index (χ1) is 6.68. The summed E-state index contributed by atoms with van der Waals surface area (Å²) in [6.45, 7) is 0. The van der Waals surface area contributed by atoms with Gasteiger partial charge in [-0.15, -0.1) is 0 Å². The van der Waals surface area contributed by atoms with Crippen LogP contribution in [0.4, 0.5) is 0 Å². The molecule has 72 valence electrons. The van der Waals surface area contributed by atoms with Crippen molar-refractivity contribution in [1.82, 2.24) is 9.88 Å². The highest BCUT2D eigenvalue weighted by atomic mass is 16.2. The molecule has 1 N–H and O–H groups in total. The number of amides is 1. The van der Waals surface area contributed by atoms with Crippen LogP contribution in [-0.4, -0.2) is 29.9 Å². The molecule has 3 heteroatoms. The normalized spacial score (nSPS) is 10.4. The summed E-state index contributed by atoms with van der Waals surface area (Å²) in [5, 5.41) is 1.07. The predicted octanol–water partition coefficient (Wildman–Crippen LogP) is 1.87. The molecule has 0 radical (unpaired) electrons. The summed E-state index contributed by atoms with van der Waals surface area (Å²) in [5.41, 5.74) is 1.78. The lowest BCUT2D eigenvalue weighted by Crippen LogP contribution is -2.21. The standard InChI is InChI=1S/C11H12N2O/c1-13(2)11(14)9-3-4-10-8(7-9)5-6-12-10/h3-7,12H,1-2H3. The molecule has 1 aromatic carbocycles. The average molecular weight is 188 g/mol. The van der Waals surface area contributed by atoms with Crippen molar-refractivity contribution in [3.8, 4) is 0 Å². The molecular weight excluding hydrogens is 176 g/mol. The molecule has 3 nitrogen and oxygen atoms in total. The SMILES string of the molecule is CN(C)C(=O)c1ccc2[nH]ccc2c1. The smallest absolute Gasteiger partial charge is 0.253 e. The lowest BCUT2D eigenvalue weighted by Gasteiger charge is -2.09. The van der Waals surface area contributed by atoms with Crippen LogP contribution in [0.3, 0.4) is 0 Å². The van der Waals surface area contributed by atoms with E-state index in [0.29, 0.717) is 0 Å². The number of carbonyl (C=O) groups excluding carboxylic acids is 1. The summed E-state index contributed by atoms with van der Waals surface area (Å²) in [4.78, 5) is 16.3. The van der Waals surface area contributed by atoms with E-state index in [9.17, 15) is 4.79 Å². The van der Waals surface area contributed by atoms with Crippen LogP contribution in [0.15, 0.2) is 30.5 Å². The van der Waals surface area contributed by atoms with Gasteiger partial charge in [0.15, 0.2) is 0 Å². The fourth-order valence-electron chi connectivity index (χ4n) is 1.44. The zero-order valence-corrected chi connectivity index (χ0v) is 8.24. The van der Waals surface area contributed by atoms with Crippen LogP contribution in [0.5, 0.6) is 0 Å². The van der Waals surface area contributed by atoms with E-state index in [-0.39, 0.29) is 5.91 Å². The Morgan fingerprint density at radius 1 is 1.29 bits per heavy atom. The lowest BCUT2D eigenvalue weighted by molar-refractivity contribution is 0.0828. The van der Waals surface area contributed by atoms with Crippen LogP contribution in [0, 0.1) is 0 Å². The van der Waals surface area contributed by atoms with Gasteiger partial charge in [0.1, 0.15) is 0 Å². The maximum Gasteiger partial charge on any atom is 0.253 e. The molecule has 0 saturated heterocycles. The highest BCUT2D eigenvalue weighted by Gasteiger charge is 2.07. The first-order valence-electron chi connectivity index (χ1n) is 4.47. The van der Waals surface area contributed by atoms with Crippen LogP contribution in [0.1, 0.15) is 10.4 Å². The molecule has 0 aliphatic carbocycles. The van der Waals surface area contributed by atoms with Crippen LogP contribution in [0.25, 0.3) is 10.9 Å². The minimum atomic E-state index is 0.0353. The van der Waals surface area contributed by atoms with Crippen molar-refractivity contribution in [1.29, 1.82) is 0 Å². The van der Waals surface area contributed by atoms with Gasteiger partial charge in [-0.3, -0.25) is 4.79 Å². The molecule has 0 aliphatic heterocycles. The van der Waals surface area contributed by atoms with E-state index in [1.54, 1.807) is 19.0 Å². The summed E-state index contributed by atoms with van der Waals surface area (Å²) in [6, 6.07) is 7.61. The van der Waals surface area contributed by atoms with Gasteiger partial charge in [0.25, 0.3) is 5.91 Å². The number of H-pyrrole nitrogens is 1. The predicted molar refractivity (Wildman–Crippen MR) is 56.3 cm³/mol. The van der Waals surface area contributed by atoms with Gasteiger partial charge in [-0.2, -0.15) is 0 Å². The second kappa shape index (κ2) is 3.18. The molecule has 0 aliphatic rings. The van der Waals surface area contributed by atoms with Crippen LogP contribution in [0.2, 0.25) is 0 Å². The fourth-order valence-corrected chi connectivity index (χ4v) is 1.44. The van der Waals surface area contributed by atoms with Gasteiger partial charge >= 0.3 is 0 Å². The second-order valence-electron chi connectivity index (χ2n) is 3.48. The molecule has 0 fully saturated rings. The zero-order chi connectivity index (χ0) is 10.1. The van der Waals surface area contributed by atoms with E-state index in [4.69, 9.17) is 0 Å². The Kier molecular flexibility index (Phi) is 2.00. The van der Waals surface area contributed by atoms with E-state index in [0.717, 1.165) is 16.5 Å². The van der Waals surface area contributed by atoms with Crippen LogP contribution < -0.4 is 0 Å². The van der Waals surface area contributed by atoms with Gasteiger partial charge in [-0.05, 0) is 24.3 Å². The Morgan fingerprint density at radius 2 is 2.07 bits per heavy atom. The summed E-state index contributed by atoms with van der Waals surface area (Å²) in [6.07, 6.45) is 1.87. The highest BCUT2D eigenvalue weighted by molar-refractivity contribution is 5.97. The Hall–Kier alpha value is -1.77. The van der Waals surface area contributed by atoms with Crippen molar-refractivity contribution in [2.45, 2.75) is 0 Å². The number of benzene rings is 1. The summed E-state index contributed by atoms with van der Waals surface area (Å²) < 4.78 is 0. The number of nitrogens with one attached hydrogen (secondary N) is 1. The van der Waals surface area contributed by atoms with Crippen molar-refractivity contribution in [3.63, 3.8) is 0 Å². The van der Waals surface area contributed by atoms with Crippen LogP contribution in [-0.2, 0) is 0 Å². The Bertz CT molecular complexity index is 471. The molecule has 0 spiro atoms. The number of hydrogen-bond acceptors (Lipinski definition) is 1. The Labute approximate surface area is 82.3 Å². The highest BCUT2D eigenvalue weighted by Crippen LogP contribution is 2.14. The van der Waals surface area contributed by atoms with Crippen molar-refractivity contribution in [2.24, 2.45) is 0 Å². The number of nitrogens with zero attached hydrogens (tertiary/aromatic N) is 1. The minimum Gasteiger partial charge on any atom is -0.361 e. The van der Waals surface area contributed by atoms with E-state index < -0.39 is 0 Å². The largest absolute Gasteiger partial charge is 0.361 e. The maximum absolute atomic E-state index is 11.6. The van der Waals surface area contributed by atoms with Crippen molar-refractivity contribution in [3.05, 3.63) is 36.0 Å². The topological polar surface area (TPSA) is 36.1 Å². The van der Waals surface area contributed by atoms with Gasteiger partial charge in [0.2, 0.25) is 0 Å². The molecule has 2 rings (SSSR count). The van der Waals surface area contributed by atoms with Gasteiger partial charge in [0.05, 0.1) is 0 Å². The number of hydrogen-bond donors (Lipinski definition) is 1. The van der Waals surface area contributed by atoms with Gasteiger partial charge in [0, 0.05) is 36.8 Å². The number of rotatable bonds is 1. The van der Waals surface area contributed by atoms with Gasteiger partial charge in [-0.1, -0.05) is 0 Å². The third-order valence-corrected chi connectivity index (χ3v) is 2.21. The maximum atomic E-state index is 11.6. The Balaban J connectivity index is 2.48. The van der Waals surface area contributed by atoms with E-state index in [2.05, 4.69) is 4.98 Å². The van der Waals surface area contributed by atoms with Crippen LogP contribution >= 0.6 is 0 Å². The lowest BCUT2D eigenvalue weighted by atomic mass is 10.1. The summed E-state index contributed by atoms with van der Waals surface area (Å²) in [5.74, 6) is 0.0353. The fraction of sp³-hybridized carbons (Fsp3) is 0.182. The van der Waals surface area contributed by atoms with Gasteiger partial charge < -0.3 is 9.88 Å². The third-order valence-electron chi connectivity index (χ3n) is 2.21. The molecule has 2 aromatic rings. The molecule has 1 amide bonds. The average Bonchev–Trinajstić information content (AvgIpc) is 2.62. The second-order valence-corrected chi connectivity index (χ2v) is 3.48. The van der Waals surface area contributed by atoms with E-state index in [1.165, 1.54) is 0 Å². The number of carbonyl (C=O) groups is 1. The summed E-state index contributed by atoms with van der Waals surface area (Å²) >= 11 is 0.